The molecule has 1 rings (SSSR count). The van der Waals surface area contributed by atoms with Crippen LogP contribution < -0.4 is 4.74 Å². The number of aliphatic carboxylic acids is 2. The molecule has 0 saturated carbocycles. The van der Waals surface area contributed by atoms with Gasteiger partial charge < -0.3 is 14.9 Å². The highest BCUT2D eigenvalue weighted by molar-refractivity contribution is 5.80. The topological polar surface area (TPSA) is 101 Å². The zero-order valence-electron chi connectivity index (χ0n) is 12.4. The Morgan fingerprint density at radius 3 is 2.55 bits per heavy atom. The van der Waals surface area contributed by atoms with E-state index in [0.29, 0.717) is 5.75 Å². The molecular formula is C16H20O6. The van der Waals surface area contributed by atoms with Crippen molar-refractivity contribution >= 4 is 17.9 Å². The van der Waals surface area contributed by atoms with Crippen LogP contribution in [0.25, 0.3) is 0 Å². The minimum absolute atomic E-state index is 0.102. The van der Waals surface area contributed by atoms with E-state index in [9.17, 15) is 14.4 Å². The van der Waals surface area contributed by atoms with Crippen molar-refractivity contribution in [2.45, 2.75) is 39.0 Å². The van der Waals surface area contributed by atoms with Crippen molar-refractivity contribution in [3.8, 4) is 5.75 Å². The van der Waals surface area contributed by atoms with Gasteiger partial charge in [0.25, 0.3) is 0 Å². The number of carbonyl (C=O) groups is 3. The van der Waals surface area contributed by atoms with Crippen LogP contribution in [0.2, 0.25) is 0 Å². The molecule has 0 spiro atoms. The van der Waals surface area contributed by atoms with E-state index < -0.39 is 23.8 Å². The smallest absolute Gasteiger partial charge is 0.312 e. The van der Waals surface area contributed by atoms with Crippen LogP contribution in [0.15, 0.2) is 24.3 Å². The molecule has 120 valence electrons. The SMILES string of the molecule is CCCc1cccc(OC(=O)CC(CCC(=O)O)C(=O)O)c1. The lowest BCUT2D eigenvalue weighted by Crippen LogP contribution is -2.21. The summed E-state index contributed by atoms with van der Waals surface area (Å²) in [5.41, 5.74) is 1.04. The first-order valence-electron chi connectivity index (χ1n) is 7.16. The Hall–Kier alpha value is -2.37. The van der Waals surface area contributed by atoms with E-state index >= 15 is 0 Å². The average molecular weight is 308 g/mol. The average Bonchev–Trinajstić information content (AvgIpc) is 2.43. The van der Waals surface area contributed by atoms with Gasteiger partial charge in [-0.25, -0.2) is 0 Å². The van der Waals surface area contributed by atoms with Gasteiger partial charge in [-0.15, -0.1) is 0 Å². The first-order valence-corrected chi connectivity index (χ1v) is 7.16. The number of rotatable bonds is 9. The Morgan fingerprint density at radius 2 is 1.95 bits per heavy atom. The van der Waals surface area contributed by atoms with Crippen LogP contribution in [-0.4, -0.2) is 28.1 Å². The van der Waals surface area contributed by atoms with Gasteiger partial charge in [0.2, 0.25) is 0 Å². The van der Waals surface area contributed by atoms with E-state index in [1.165, 1.54) is 0 Å². The molecule has 0 aliphatic rings. The minimum Gasteiger partial charge on any atom is -0.481 e. The normalized spacial score (nSPS) is 11.7. The van der Waals surface area contributed by atoms with Crippen molar-refractivity contribution < 1.29 is 29.3 Å². The predicted molar refractivity (Wildman–Crippen MR) is 78.7 cm³/mol. The van der Waals surface area contributed by atoms with Gasteiger partial charge in [-0.1, -0.05) is 25.5 Å². The van der Waals surface area contributed by atoms with Gasteiger partial charge >= 0.3 is 17.9 Å². The summed E-state index contributed by atoms with van der Waals surface area (Å²) in [6, 6.07) is 7.07. The molecule has 1 aromatic rings. The maximum absolute atomic E-state index is 11.8. The van der Waals surface area contributed by atoms with Crippen LogP contribution in [0.1, 0.15) is 38.2 Å². The Labute approximate surface area is 128 Å². The molecule has 0 heterocycles. The van der Waals surface area contributed by atoms with Crippen LogP contribution in [-0.2, 0) is 20.8 Å². The maximum atomic E-state index is 11.8. The highest BCUT2D eigenvalue weighted by Crippen LogP contribution is 2.18. The molecule has 1 unspecified atom stereocenters. The molecule has 0 saturated heterocycles. The lowest BCUT2D eigenvalue weighted by atomic mass is 10.00. The molecule has 0 bridgehead atoms. The minimum atomic E-state index is -1.20. The summed E-state index contributed by atoms with van der Waals surface area (Å²) in [6.45, 7) is 2.04. The number of carboxylic acids is 2. The number of esters is 1. The molecule has 0 aliphatic carbocycles. The monoisotopic (exact) mass is 308 g/mol. The largest absolute Gasteiger partial charge is 0.481 e. The zero-order valence-corrected chi connectivity index (χ0v) is 12.4. The van der Waals surface area contributed by atoms with Gasteiger partial charge in [0.05, 0.1) is 12.3 Å². The number of hydrogen-bond donors (Lipinski definition) is 2. The van der Waals surface area contributed by atoms with Crippen molar-refractivity contribution in [1.82, 2.24) is 0 Å². The molecule has 0 aliphatic heterocycles. The standard InChI is InChI=1S/C16H20O6/c1-2-4-11-5-3-6-13(9-11)22-15(19)10-12(16(20)21)7-8-14(17)18/h3,5-6,9,12H,2,4,7-8,10H2,1H3,(H,17,18)(H,20,21). The third-order valence-corrected chi connectivity index (χ3v) is 3.14. The van der Waals surface area contributed by atoms with Crippen LogP contribution in [0.5, 0.6) is 5.75 Å². The molecule has 1 atom stereocenters. The second-order valence-electron chi connectivity index (χ2n) is 5.04. The molecule has 6 nitrogen and oxygen atoms in total. The fourth-order valence-electron chi connectivity index (χ4n) is 2.04. The third-order valence-electron chi connectivity index (χ3n) is 3.14. The molecular weight excluding hydrogens is 288 g/mol. The number of carboxylic acid groups (broad SMARTS) is 2. The zero-order chi connectivity index (χ0) is 16.5. The molecule has 0 aromatic heterocycles. The molecule has 6 heteroatoms. The molecule has 1 aromatic carbocycles. The summed E-state index contributed by atoms with van der Waals surface area (Å²) < 4.78 is 5.14. The lowest BCUT2D eigenvalue weighted by molar-refractivity contribution is -0.148. The number of hydrogen-bond acceptors (Lipinski definition) is 4. The Morgan fingerprint density at radius 1 is 1.23 bits per heavy atom. The highest BCUT2D eigenvalue weighted by atomic mass is 16.5. The highest BCUT2D eigenvalue weighted by Gasteiger charge is 2.23. The van der Waals surface area contributed by atoms with Crippen LogP contribution in [0, 0.1) is 5.92 Å². The van der Waals surface area contributed by atoms with Crippen molar-refractivity contribution in [3.63, 3.8) is 0 Å². The summed E-state index contributed by atoms with van der Waals surface area (Å²) >= 11 is 0. The summed E-state index contributed by atoms with van der Waals surface area (Å²) in [7, 11) is 0. The van der Waals surface area contributed by atoms with Crippen LogP contribution >= 0.6 is 0 Å². The van der Waals surface area contributed by atoms with E-state index in [0.717, 1.165) is 18.4 Å². The van der Waals surface area contributed by atoms with Crippen molar-refractivity contribution in [3.05, 3.63) is 29.8 Å². The summed E-state index contributed by atoms with van der Waals surface area (Å²) in [4.78, 5) is 33.3. The van der Waals surface area contributed by atoms with Crippen molar-refractivity contribution in [2.24, 2.45) is 5.92 Å². The number of ether oxygens (including phenoxy) is 1. The quantitative estimate of drug-likeness (QED) is 0.537. The van der Waals surface area contributed by atoms with Gasteiger partial charge in [-0.3, -0.25) is 14.4 Å². The Balaban J connectivity index is 2.61. The van der Waals surface area contributed by atoms with Gasteiger partial charge in [0.15, 0.2) is 0 Å². The fraction of sp³-hybridized carbons (Fsp3) is 0.438. The van der Waals surface area contributed by atoms with Crippen LogP contribution in [0.4, 0.5) is 0 Å². The molecule has 2 N–H and O–H groups in total. The van der Waals surface area contributed by atoms with Gasteiger partial charge in [-0.2, -0.15) is 0 Å². The van der Waals surface area contributed by atoms with Gasteiger partial charge in [-0.05, 0) is 30.5 Å². The van der Waals surface area contributed by atoms with E-state index in [1.807, 2.05) is 13.0 Å². The lowest BCUT2D eigenvalue weighted by Gasteiger charge is -2.11. The fourth-order valence-corrected chi connectivity index (χ4v) is 2.04. The van der Waals surface area contributed by atoms with Gasteiger partial charge in [0.1, 0.15) is 5.75 Å². The van der Waals surface area contributed by atoms with Crippen molar-refractivity contribution in [2.75, 3.05) is 0 Å². The number of carbonyl (C=O) groups excluding carboxylic acids is 1. The Kier molecular flexibility index (Phi) is 7.08. The summed E-state index contributed by atoms with van der Waals surface area (Å²) in [5.74, 6) is -3.64. The third kappa shape index (κ3) is 6.39. The van der Waals surface area contributed by atoms with Crippen molar-refractivity contribution in [1.29, 1.82) is 0 Å². The van der Waals surface area contributed by atoms with Crippen LogP contribution in [0.3, 0.4) is 0 Å². The molecule has 22 heavy (non-hydrogen) atoms. The Bertz CT molecular complexity index is 537. The van der Waals surface area contributed by atoms with Gasteiger partial charge in [0, 0.05) is 6.42 Å². The molecule has 0 radical (unpaired) electrons. The number of benzene rings is 1. The van der Waals surface area contributed by atoms with E-state index in [-0.39, 0.29) is 19.3 Å². The first kappa shape index (κ1) is 17.7. The summed E-state index contributed by atoms with van der Waals surface area (Å²) in [6.07, 6.45) is 1.09. The second-order valence-corrected chi connectivity index (χ2v) is 5.04. The van der Waals surface area contributed by atoms with E-state index in [1.54, 1.807) is 18.2 Å². The predicted octanol–water partition coefficient (Wildman–Crippen LogP) is 2.50. The van der Waals surface area contributed by atoms with E-state index in [4.69, 9.17) is 14.9 Å². The molecule has 0 fully saturated rings. The summed E-state index contributed by atoms with van der Waals surface area (Å²) in [5, 5.41) is 17.6. The number of aryl methyl sites for hydroxylation is 1. The first-order chi connectivity index (χ1) is 10.4. The molecule has 0 amide bonds. The van der Waals surface area contributed by atoms with E-state index in [2.05, 4.69) is 0 Å². The maximum Gasteiger partial charge on any atom is 0.312 e. The second kappa shape index (κ2) is 8.81.